The van der Waals surface area contributed by atoms with Gasteiger partial charge in [0.25, 0.3) is 5.91 Å². The van der Waals surface area contributed by atoms with Gasteiger partial charge in [0.05, 0.1) is 7.11 Å². The lowest BCUT2D eigenvalue weighted by molar-refractivity contribution is 0.0944. The lowest BCUT2D eigenvalue weighted by atomic mass is 10.2. The zero-order valence-electron chi connectivity index (χ0n) is 12.1. The predicted octanol–water partition coefficient (Wildman–Crippen LogP) is 1.85. The first-order chi connectivity index (χ1) is 10.2. The summed E-state index contributed by atoms with van der Waals surface area (Å²) in [6.45, 7) is 3.10. The van der Waals surface area contributed by atoms with Crippen molar-refractivity contribution in [3.8, 4) is 5.75 Å². The van der Waals surface area contributed by atoms with Gasteiger partial charge in [-0.3, -0.25) is 4.79 Å². The van der Waals surface area contributed by atoms with Crippen molar-refractivity contribution >= 4 is 11.7 Å². The number of methoxy groups -OCH3 is 1. The first kappa shape index (κ1) is 14.8. The van der Waals surface area contributed by atoms with Crippen LogP contribution in [0.5, 0.6) is 5.75 Å². The number of nitrogens with one attached hydrogen (secondary N) is 2. The molecule has 110 valence electrons. The molecule has 0 radical (unpaired) electrons. The molecule has 0 unspecified atom stereocenters. The molecule has 0 spiro atoms. The van der Waals surface area contributed by atoms with Gasteiger partial charge in [0.1, 0.15) is 11.6 Å². The highest BCUT2D eigenvalue weighted by Gasteiger charge is 2.09. The Bertz CT molecular complexity index is 599. The van der Waals surface area contributed by atoms with Gasteiger partial charge in [0.15, 0.2) is 5.69 Å². The Morgan fingerprint density at radius 1 is 1.19 bits per heavy atom. The number of hydrogen-bond donors (Lipinski definition) is 2. The molecular formula is C15H18N4O2. The molecule has 0 aliphatic carbocycles. The van der Waals surface area contributed by atoms with Crippen LogP contribution in [0.15, 0.2) is 36.4 Å². The third-order valence-corrected chi connectivity index (χ3v) is 2.89. The average molecular weight is 286 g/mol. The number of benzene rings is 1. The van der Waals surface area contributed by atoms with E-state index in [9.17, 15) is 4.79 Å². The molecule has 1 aromatic heterocycles. The van der Waals surface area contributed by atoms with E-state index < -0.39 is 0 Å². The summed E-state index contributed by atoms with van der Waals surface area (Å²) in [4.78, 5) is 12.0. The topological polar surface area (TPSA) is 76.1 Å². The van der Waals surface area contributed by atoms with Crippen LogP contribution in [0.1, 0.15) is 23.0 Å². The van der Waals surface area contributed by atoms with Crippen LogP contribution in [0.2, 0.25) is 0 Å². The summed E-state index contributed by atoms with van der Waals surface area (Å²) >= 11 is 0. The SMILES string of the molecule is CCNc1ccc(C(=O)NCc2ccccc2OC)nn1. The minimum absolute atomic E-state index is 0.267. The van der Waals surface area contributed by atoms with Gasteiger partial charge in [0, 0.05) is 18.7 Å². The molecule has 0 fully saturated rings. The molecule has 0 saturated heterocycles. The third-order valence-electron chi connectivity index (χ3n) is 2.89. The maximum absolute atomic E-state index is 12.0. The number of aromatic nitrogens is 2. The Hall–Kier alpha value is -2.63. The molecule has 0 bridgehead atoms. The zero-order valence-corrected chi connectivity index (χ0v) is 12.1. The Balaban J connectivity index is 1.98. The number of hydrogen-bond acceptors (Lipinski definition) is 5. The van der Waals surface area contributed by atoms with E-state index in [0.717, 1.165) is 17.9 Å². The molecule has 2 N–H and O–H groups in total. The minimum atomic E-state index is -0.267. The second kappa shape index (κ2) is 7.23. The van der Waals surface area contributed by atoms with Crippen molar-refractivity contribution < 1.29 is 9.53 Å². The largest absolute Gasteiger partial charge is 0.496 e. The fourth-order valence-corrected chi connectivity index (χ4v) is 1.84. The number of anilines is 1. The van der Waals surface area contributed by atoms with E-state index in [4.69, 9.17) is 4.74 Å². The predicted molar refractivity (Wildman–Crippen MR) is 80.4 cm³/mol. The Labute approximate surface area is 123 Å². The Morgan fingerprint density at radius 3 is 2.67 bits per heavy atom. The van der Waals surface area contributed by atoms with E-state index in [0.29, 0.717) is 12.4 Å². The van der Waals surface area contributed by atoms with Crippen molar-refractivity contribution in [3.63, 3.8) is 0 Å². The molecule has 1 amide bonds. The molecule has 6 nitrogen and oxygen atoms in total. The second-order valence-corrected chi connectivity index (χ2v) is 4.33. The van der Waals surface area contributed by atoms with Crippen molar-refractivity contribution in [3.05, 3.63) is 47.7 Å². The van der Waals surface area contributed by atoms with Crippen molar-refractivity contribution in [2.24, 2.45) is 0 Å². The zero-order chi connectivity index (χ0) is 15.1. The normalized spacial score (nSPS) is 10.0. The minimum Gasteiger partial charge on any atom is -0.496 e. The van der Waals surface area contributed by atoms with E-state index in [1.54, 1.807) is 19.2 Å². The van der Waals surface area contributed by atoms with E-state index in [-0.39, 0.29) is 11.6 Å². The summed E-state index contributed by atoms with van der Waals surface area (Å²) in [7, 11) is 1.60. The molecule has 0 saturated carbocycles. The van der Waals surface area contributed by atoms with Crippen LogP contribution in [-0.2, 0) is 6.54 Å². The molecule has 0 aliphatic rings. The monoisotopic (exact) mass is 286 g/mol. The third kappa shape index (κ3) is 3.92. The Kier molecular flexibility index (Phi) is 5.09. The van der Waals surface area contributed by atoms with Crippen LogP contribution < -0.4 is 15.4 Å². The summed E-state index contributed by atoms with van der Waals surface area (Å²) < 4.78 is 5.24. The number of para-hydroxylation sites is 1. The molecule has 1 aromatic carbocycles. The van der Waals surface area contributed by atoms with Gasteiger partial charge in [-0.15, -0.1) is 10.2 Å². The van der Waals surface area contributed by atoms with Gasteiger partial charge in [-0.1, -0.05) is 18.2 Å². The Morgan fingerprint density at radius 2 is 2.00 bits per heavy atom. The van der Waals surface area contributed by atoms with Crippen LogP contribution in [-0.4, -0.2) is 29.8 Å². The number of carbonyl (C=O) groups excluding carboxylic acids is 1. The number of nitrogens with zero attached hydrogens (tertiary/aromatic N) is 2. The van der Waals surface area contributed by atoms with E-state index >= 15 is 0 Å². The molecule has 2 aromatic rings. The van der Waals surface area contributed by atoms with Gasteiger partial charge >= 0.3 is 0 Å². The highest BCUT2D eigenvalue weighted by atomic mass is 16.5. The highest BCUT2D eigenvalue weighted by molar-refractivity contribution is 5.92. The fourth-order valence-electron chi connectivity index (χ4n) is 1.84. The summed E-state index contributed by atoms with van der Waals surface area (Å²) in [5.74, 6) is 1.13. The summed E-state index contributed by atoms with van der Waals surface area (Å²) in [5, 5.41) is 13.7. The lowest BCUT2D eigenvalue weighted by Crippen LogP contribution is -2.24. The summed E-state index contributed by atoms with van der Waals surface area (Å²) in [5.41, 5.74) is 1.19. The number of carbonyl (C=O) groups is 1. The van der Waals surface area contributed by atoms with Crippen LogP contribution >= 0.6 is 0 Å². The first-order valence-electron chi connectivity index (χ1n) is 6.72. The van der Waals surface area contributed by atoms with Gasteiger partial charge in [-0.25, -0.2) is 0 Å². The van der Waals surface area contributed by atoms with Gasteiger partial charge in [-0.05, 0) is 25.1 Å². The van der Waals surface area contributed by atoms with Crippen LogP contribution in [0, 0.1) is 0 Å². The highest BCUT2D eigenvalue weighted by Crippen LogP contribution is 2.16. The molecule has 0 aliphatic heterocycles. The maximum Gasteiger partial charge on any atom is 0.272 e. The number of rotatable bonds is 6. The van der Waals surface area contributed by atoms with Crippen molar-refractivity contribution in [1.29, 1.82) is 0 Å². The van der Waals surface area contributed by atoms with Crippen LogP contribution in [0.3, 0.4) is 0 Å². The maximum atomic E-state index is 12.0. The van der Waals surface area contributed by atoms with Crippen LogP contribution in [0.25, 0.3) is 0 Å². The van der Waals surface area contributed by atoms with Gasteiger partial charge in [0.2, 0.25) is 0 Å². The molecule has 21 heavy (non-hydrogen) atoms. The summed E-state index contributed by atoms with van der Waals surface area (Å²) in [6.07, 6.45) is 0. The van der Waals surface area contributed by atoms with Gasteiger partial charge in [-0.2, -0.15) is 0 Å². The quantitative estimate of drug-likeness (QED) is 0.847. The first-order valence-corrected chi connectivity index (χ1v) is 6.72. The van der Waals surface area contributed by atoms with Crippen molar-refractivity contribution in [1.82, 2.24) is 15.5 Å². The second-order valence-electron chi connectivity index (χ2n) is 4.33. The molecule has 2 rings (SSSR count). The van der Waals surface area contributed by atoms with Crippen LogP contribution in [0.4, 0.5) is 5.82 Å². The number of ether oxygens (including phenoxy) is 1. The number of amides is 1. The molecular weight excluding hydrogens is 268 g/mol. The van der Waals surface area contributed by atoms with E-state index in [2.05, 4.69) is 20.8 Å². The average Bonchev–Trinajstić information content (AvgIpc) is 2.54. The molecule has 1 heterocycles. The van der Waals surface area contributed by atoms with Gasteiger partial charge < -0.3 is 15.4 Å². The smallest absolute Gasteiger partial charge is 0.272 e. The van der Waals surface area contributed by atoms with E-state index in [1.165, 1.54) is 0 Å². The lowest BCUT2D eigenvalue weighted by Gasteiger charge is -2.09. The van der Waals surface area contributed by atoms with Crippen molar-refractivity contribution in [2.75, 3.05) is 19.0 Å². The molecule has 6 heteroatoms. The molecule has 0 atom stereocenters. The van der Waals surface area contributed by atoms with E-state index in [1.807, 2.05) is 31.2 Å². The fraction of sp³-hybridized carbons (Fsp3) is 0.267. The summed E-state index contributed by atoms with van der Waals surface area (Å²) in [6, 6.07) is 10.9. The van der Waals surface area contributed by atoms with Crippen molar-refractivity contribution in [2.45, 2.75) is 13.5 Å². The standard InChI is InChI=1S/C15H18N4O2/c1-3-16-14-9-8-12(18-19-14)15(20)17-10-11-6-4-5-7-13(11)21-2/h4-9H,3,10H2,1-2H3,(H,16,19)(H,17,20).